The summed E-state index contributed by atoms with van der Waals surface area (Å²) in [5, 5.41) is 4.25. The van der Waals surface area contributed by atoms with Crippen LogP contribution in [0.2, 0.25) is 0 Å². The molecule has 0 aliphatic carbocycles. The number of aldehydes is 1. The molecule has 2 rings (SSSR count). The smallest absolute Gasteiger partial charge is 0.429 e. The lowest BCUT2D eigenvalue weighted by molar-refractivity contribution is -0.111. The summed E-state index contributed by atoms with van der Waals surface area (Å²) in [5.41, 5.74) is 3.71. The van der Waals surface area contributed by atoms with Gasteiger partial charge in [-0.1, -0.05) is 6.07 Å². The van der Waals surface area contributed by atoms with Gasteiger partial charge in [0, 0.05) is 16.6 Å². The molecule has 0 radical (unpaired) electrons. The third-order valence-corrected chi connectivity index (χ3v) is 4.49. The van der Waals surface area contributed by atoms with E-state index in [4.69, 9.17) is 4.74 Å². The average Bonchev–Trinajstić information content (AvgIpc) is 2.66. The van der Waals surface area contributed by atoms with Crippen molar-refractivity contribution >= 4 is 41.2 Å². The number of carbonyl (C=O) groups excluding carboxylic acids is 2. The van der Waals surface area contributed by atoms with E-state index in [2.05, 4.69) is 10.7 Å². The maximum atomic E-state index is 13.9. The highest BCUT2D eigenvalue weighted by Crippen LogP contribution is 2.29. The zero-order valence-corrected chi connectivity index (χ0v) is 18.0. The maximum absolute atomic E-state index is 13.9. The van der Waals surface area contributed by atoms with Crippen LogP contribution in [0.3, 0.4) is 0 Å². The Hall–Kier alpha value is -2.74. The second-order valence-corrected chi connectivity index (χ2v) is 8.27. The lowest BCUT2D eigenvalue weighted by atomic mass is 10.2. The Morgan fingerprint density at radius 3 is 2.55 bits per heavy atom. The van der Waals surface area contributed by atoms with E-state index in [9.17, 15) is 14.0 Å². The lowest BCUT2D eigenvalue weighted by Gasteiger charge is -2.31. The van der Waals surface area contributed by atoms with Crippen LogP contribution in [0.1, 0.15) is 27.7 Å². The van der Waals surface area contributed by atoms with Gasteiger partial charge in [0.05, 0.1) is 11.4 Å². The molecule has 0 spiro atoms. The van der Waals surface area contributed by atoms with Gasteiger partial charge in [0.2, 0.25) is 0 Å². The normalized spacial score (nSPS) is 12.1. The Morgan fingerprint density at radius 1 is 1.21 bits per heavy atom. The zero-order valence-electron chi connectivity index (χ0n) is 17.2. The van der Waals surface area contributed by atoms with Crippen LogP contribution in [0, 0.1) is 5.82 Å². The van der Waals surface area contributed by atoms with Crippen molar-refractivity contribution in [2.75, 3.05) is 17.0 Å². The minimum Gasteiger partial charge on any atom is -0.442 e. The number of ether oxygens (including phenoxy) is 1. The topological polar surface area (TPSA) is 70.7 Å². The van der Waals surface area contributed by atoms with Gasteiger partial charge in [-0.3, -0.25) is 5.43 Å². The quantitative estimate of drug-likeness (QED) is 0.354. The van der Waals surface area contributed by atoms with Gasteiger partial charge in [0.1, 0.15) is 23.7 Å². The minimum absolute atomic E-state index is 0.291. The molecular weight excluding hydrogens is 393 g/mol. The van der Waals surface area contributed by atoms with Crippen LogP contribution in [-0.2, 0) is 9.53 Å². The minimum atomic E-state index is -0.833. The second kappa shape index (κ2) is 9.65. The SMILES string of the molecule is CSc1cccc(Nc2ccc(F)cc2NN(C(=O)OC(C)(C)C)C(C)C=O)c1. The van der Waals surface area contributed by atoms with Gasteiger partial charge < -0.3 is 14.8 Å². The van der Waals surface area contributed by atoms with Gasteiger partial charge in [-0.25, -0.2) is 14.2 Å². The van der Waals surface area contributed by atoms with Crippen LogP contribution >= 0.6 is 11.8 Å². The summed E-state index contributed by atoms with van der Waals surface area (Å²) >= 11 is 1.60. The molecule has 29 heavy (non-hydrogen) atoms. The molecule has 2 N–H and O–H groups in total. The number of nitrogens with one attached hydrogen (secondary N) is 2. The highest BCUT2D eigenvalue weighted by atomic mass is 32.2. The van der Waals surface area contributed by atoms with Crippen molar-refractivity contribution in [2.24, 2.45) is 0 Å². The van der Waals surface area contributed by atoms with E-state index in [0.717, 1.165) is 15.6 Å². The Morgan fingerprint density at radius 2 is 1.93 bits per heavy atom. The van der Waals surface area contributed by atoms with Crippen LogP contribution in [0.15, 0.2) is 47.4 Å². The molecule has 8 heteroatoms. The standard InChI is InChI=1S/C21H26FN3O3S/c1-14(13-26)25(20(27)28-21(2,3)4)24-19-11-15(22)9-10-18(19)23-16-7-6-8-17(12-16)29-5/h6-14,23-24H,1-5H3. The van der Waals surface area contributed by atoms with E-state index in [1.807, 2.05) is 30.5 Å². The molecule has 0 heterocycles. The van der Waals surface area contributed by atoms with E-state index in [1.54, 1.807) is 38.6 Å². The number of rotatable bonds is 7. The predicted molar refractivity (Wildman–Crippen MR) is 115 cm³/mol. The average molecular weight is 420 g/mol. The van der Waals surface area contributed by atoms with Crippen LogP contribution in [0.4, 0.5) is 26.2 Å². The van der Waals surface area contributed by atoms with E-state index in [0.29, 0.717) is 17.7 Å². The molecule has 0 aliphatic heterocycles. The molecule has 0 saturated heterocycles. The molecule has 0 saturated carbocycles. The second-order valence-electron chi connectivity index (χ2n) is 7.39. The fourth-order valence-electron chi connectivity index (χ4n) is 2.39. The first-order valence-electron chi connectivity index (χ1n) is 9.07. The molecule has 6 nitrogen and oxygen atoms in total. The number of carbonyl (C=O) groups is 2. The first-order valence-corrected chi connectivity index (χ1v) is 10.3. The monoisotopic (exact) mass is 419 g/mol. The van der Waals surface area contributed by atoms with Crippen molar-refractivity contribution in [1.82, 2.24) is 5.01 Å². The summed E-state index contributed by atoms with van der Waals surface area (Å²) < 4.78 is 19.3. The number of thioether (sulfide) groups is 1. The van der Waals surface area contributed by atoms with E-state index < -0.39 is 23.6 Å². The largest absolute Gasteiger partial charge is 0.442 e. The summed E-state index contributed by atoms with van der Waals surface area (Å²) in [6, 6.07) is 11.0. The van der Waals surface area contributed by atoms with Gasteiger partial charge >= 0.3 is 6.09 Å². The van der Waals surface area contributed by atoms with Gasteiger partial charge in [-0.2, -0.15) is 0 Å². The number of hydrazine groups is 1. The van der Waals surface area contributed by atoms with Gasteiger partial charge in [0.15, 0.2) is 0 Å². The van der Waals surface area contributed by atoms with Crippen LogP contribution in [0.5, 0.6) is 0 Å². The van der Waals surface area contributed by atoms with Crippen LogP contribution < -0.4 is 10.7 Å². The first kappa shape index (κ1) is 22.5. The Labute approximate surface area is 174 Å². The highest BCUT2D eigenvalue weighted by molar-refractivity contribution is 7.98. The molecule has 2 aromatic rings. The van der Waals surface area contributed by atoms with Gasteiger partial charge in [-0.05, 0) is 64.3 Å². The Balaban J connectivity index is 2.34. The molecule has 0 aliphatic rings. The number of nitrogens with zero attached hydrogens (tertiary/aromatic N) is 1. The number of amides is 1. The van der Waals surface area contributed by atoms with Crippen LogP contribution in [-0.4, -0.2) is 35.3 Å². The van der Waals surface area contributed by atoms with Crippen LogP contribution in [0.25, 0.3) is 0 Å². The van der Waals surface area contributed by atoms with E-state index in [1.165, 1.54) is 19.1 Å². The maximum Gasteiger partial charge on any atom is 0.429 e. The zero-order chi connectivity index (χ0) is 21.6. The number of hydrogen-bond donors (Lipinski definition) is 2. The molecule has 1 unspecified atom stereocenters. The summed E-state index contributed by atoms with van der Waals surface area (Å²) in [5.74, 6) is -0.487. The summed E-state index contributed by atoms with van der Waals surface area (Å²) in [6.07, 6.45) is 1.84. The third-order valence-electron chi connectivity index (χ3n) is 3.77. The van der Waals surface area contributed by atoms with Crippen molar-refractivity contribution in [3.63, 3.8) is 0 Å². The van der Waals surface area contributed by atoms with Crippen molar-refractivity contribution in [2.45, 2.75) is 44.2 Å². The summed E-state index contributed by atoms with van der Waals surface area (Å²) in [7, 11) is 0. The molecule has 2 aromatic carbocycles. The molecule has 1 amide bonds. The molecule has 156 valence electrons. The summed E-state index contributed by atoms with van der Waals surface area (Å²) in [4.78, 5) is 25.0. The fraction of sp³-hybridized carbons (Fsp3) is 0.333. The Bertz CT molecular complexity index is 870. The molecular formula is C21H26FN3O3S. The molecule has 0 fully saturated rings. The van der Waals surface area contributed by atoms with Crippen molar-refractivity contribution in [3.05, 3.63) is 48.3 Å². The van der Waals surface area contributed by atoms with E-state index >= 15 is 0 Å². The summed E-state index contributed by atoms with van der Waals surface area (Å²) in [6.45, 7) is 6.71. The van der Waals surface area contributed by atoms with Gasteiger partial charge in [0.25, 0.3) is 0 Å². The third kappa shape index (κ3) is 6.67. The number of halogens is 1. The van der Waals surface area contributed by atoms with Crippen molar-refractivity contribution in [1.29, 1.82) is 0 Å². The molecule has 1 atom stereocenters. The number of benzene rings is 2. The van der Waals surface area contributed by atoms with E-state index in [-0.39, 0.29) is 0 Å². The van der Waals surface area contributed by atoms with Crippen molar-refractivity contribution in [3.8, 4) is 0 Å². The molecule has 0 bridgehead atoms. The lowest BCUT2D eigenvalue weighted by Crippen LogP contribution is -2.46. The number of anilines is 3. The van der Waals surface area contributed by atoms with Crippen molar-refractivity contribution < 1.29 is 18.7 Å². The predicted octanol–water partition coefficient (Wildman–Crippen LogP) is 5.44. The number of hydrogen-bond acceptors (Lipinski definition) is 6. The molecule has 0 aromatic heterocycles. The van der Waals surface area contributed by atoms with Gasteiger partial charge in [-0.15, -0.1) is 11.8 Å². The first-order chi connectivity index (χ1) is 13.6. The highest BCUT2D eigenvalue weighted by Gasteiger charge is 2.27. The fourth-order valence-corrected chi connectivity index (χ4v) is 2.85. The Kier molecular flexibility index (Phi) is 7.50.